The van der Waals surface area contributed by atoms with E-state index in [2.05, 4.69) is 15.3 Å². The molecule has 0 radical (unpaired) electrons. The van der Waals surface area contributed by atoms with Crippen LogP contribution in [0.15, 0.2) is 41.8 Å². The third kappa shape index (κ3) is 6.19. The molecule has 3 heterocycles. The van der Waals surface area contributed by atoms with Gasteiger partial charge in [-0.1, -0.05) is 25.1 Å². The van der Waals surface area contributed by atoms with Gasteiger partial charge in [-0.3, -0.25) is 9.79 Å². The molecule has 9 nitrogen and oxygen atoms in total. The van der Waals surface area contributed by atoms with E-state index in [-0.39, 0.29) is 24.5 Å². The summed E-state index contributed by atoms with van der Waals surface area (Å²) >= 11 is 1.49. The van der Waals surface area contributed by atoms with E-state index in [1.54, 1.807) is 30.7 Å². The summed E-state index contributed by atoms with van der Waals surface area (Å²) in [5.74, 6) is 0.729. The quantitative estimate of drug-likeness (QED) is 0.408. The molecule has 0 aliphatic carbocycles. The zero-order chi connectivity index (χ0) is 26.4. The number of aromatic nitrogens is 2. The van der Waals surface area contributed by atoms with Crippen molar-refractivity contribution >= 4 is 34.6 Å². The molecule has 2 aromatic heterocycles. The Balaban J connectivity index is 1.43. The van der Waals surface area contributed by atoms with Crippen LogP contribution in [0, 0.1) is 0 Å². The fourth-order valence-electron chi connectivity index (χ4n) is 4.43. The summed E-state index contributed by atoms with van der Waals surface area (Å²) in [6.45, 7) is 5.69. The molecule has 0 saturated carbocycles. The number of aryl methyl sites for hydroxylation is 1. The summed E-state index contributed by atoms with van der Waals surface area (Å²) in [6, 6.07) is 7.84. The Bertz CT molecular complexity index is 1280. The number of thiophene rings is 1. The van der Waals surface area contributed by atoms with E-state index in [4.69, 9.17) is 9.47 Å². The topological polar surface area (TPSA) is 98.1 Å². The minimum absolute atomic E-state index is 0.00897. The van der Waals surface area contributed by atoms with Crippen LogP contribution < -0.4 is 10.1 Å². The summed E-state index contributed by atoms with van der Waals surface area (Å²) < 4.78 is 13.1. The Hall–Kier alpha value is -3.66. The molecule has 0 fully saturated rings. The molecule has 1 aliphatic heterocycles. The Morgan fingerprint density at radius 3 is 2.86 bits per heavy atom. The fourth-order valence-corrected chi connectivity index (χ4v) is 5.69. The Morgan fingerprint density at radius 2 is 2.14 bits per heavy atom. The van der Waals surface area contributed by atoms with Crippen LogP contribution in [0.2, 0.25) is 0 Å². The van der Waals surface area contributed by atoms with E-state index in [9.17, 15) is 9.59 Å². The van der Waals surface area contributed by atoms with Gasteiger partial charge in [-0.25, -0.2) is 9.78 Å². The number of anilines is 1. The molecule has 3 aromatic rings. The van der Waals surface area contributed by atoms with Crippen LogP contribution in [0.3, 0.4) is 0 Å². The number of rotatable bonds is 9. The van der Waals surface area contributed by atoms with E-state index in [1.807, 2.05) is 49.7 Å². The summed E-state index contributed by atoms with van der Waals surface area (Å²) in [5, 5.41) is 3.86. The fraction of sp³-hybridized carbons (Fsp3) is 0.407. The van der Waals surface area contributed by atoms with E-state index < -0.39 is 0 Å². The van der Waals surface area contributed by atoms with Crippen LogP contribution in [0.5, 0.6) is 5.75 Å². The van der Waals surface area contributed by atoms with Crippen molar-refractivity contribution in [1.82, 2.24) is 14.5 Å². The molecule has 1 aliphatic rings. The van der Waals surface area contributed by atoms with Crippen molar-refractivity contribution in [2.45, 2.75) is 45.8 Å². The molecule has 1 aromatic carbocycles. The number of imidazole rings is 1. The number of amides is 2. The predicted octanol–water partition coefficient (Wildman–Crippen LogP) is 4.76. The van der Waals surface area contributed by atoms with Gasteiger partial charge in [0.05, 0.1) is 31.4 Å². The number of carbonyl (C=O) groups is 2. The van der Waals surface area contributed by atoms with Gasteiger partial charge in [0.2, 0.25) is 5.91 Å². The summed E-state index contributed by atoms with van der Waals surface area (Å²) in [4.78, 5) is 36.8. The zero-order valence-electron chi connectivity index (χ0n) is 21.7. The van der Waals surface area contributed by atoms with Crippen LogP contribution >= 0.6 is 11.3 Å². The second-order valence-corrected chi connectivity index (χ2v) is 10.1. The van der Waals surface area contributed by atoms with Gasteiger partial charge < -0.3 is 24.3 Å². The van der Waals surface area contributed by atoms with E-state index in [0.717, 1.165) is 38.0 Å². The molecule has 37 heavy (non-hydrogen) atoms. The maximum absolute atomic E-state index is 13.1. The maximum Gasteiger partial charge on any atom is 0.410 e. The highest BCUT2D eigenvalue weighted by Crippen LogP contribution is 2.37. The summed E-state index contributed by atoms with van der Waals surface area (Å²) in [7, 11) is 3.58. The van der Waals surface area contributed by atoms with E-state index in [0.29, 0.717) is 32.5 Å². The highest BCUT2D eigenvalue weighted by Gasteiger charge is 2.28. The van der Waals surface area contributed by atoms with Gasteiger partial charge in [-0.05, 0) is 36.5 Å². The van der Waals surface area contributed by atoms with Gasteiger partial charge in [0.1, 0.15) is 17.4 Å². The highest BCUT2D eigenvalue weighted by atomic mass is 32.1. The Kier molecular flexibility index (Phi) is 8.60. The normalized spacial score (nSPS) is 13.9. The van der Waals surface area contributed by atoms with Crippen LogP contribution in [-0.4, -0.2) is 52.9 Å². The first-order valence-electron chi connectivity index (χ1n) is 12.4. The number of benzene rings is 1. The summed E-state index contributed by atoms with van der Waals surface area (Å²) in [5.41, 5.74) is 3.88. The first-order valence-corrected chi connectivity index (χ1v) is 13.2. The average molecular weight is 524 g/mol. The number of carbonyl (C=O) groups excluding carboxylic acids is 2. The number of hydrogen-bond donors (Lipinski definition) is 1. The molecule has 2 amide bonds. The molecule has 0 saturated heterocycles. The van der Waals surface area contributed by atoms with Gasteiger partial charge in [0, 0.05) is 43.7 Å². The molecule has 1 unspecified atom stereocenters. The van der Waals surface area contributed by atoms with Crippen LogP contribution in [-0.2, 0) is 36.2 Å². The lowest BCUT2D eigenvalue weighted by Gasteiger charge is -2.26. The lowest BCUT2D eigenvalue weighted by molar-refractivity contribution is -0.116. The first kappa shape index (κ1) is 26.4. The molecular formula is C27H33N5O4S. The third-order valence-corrected chi connectivity index (χ3v) is 7.52. The smallest absolute Gasteiger partial charge is 0.410 e. The molecule has 10 heteroatoms. The second-order valence-electron chi connectivity index (χ2n) is 8.98. The van der Waals surface area contributed by atoms with Crippen molar-refractivity contribution in [3.05, 3.63) is 64.1 Å². The van der Waals surface area contributed by atoms with Gasteiger partial charge in [0.15, 0.2) is 0 Å². The standard InChI is InChI=1S/C27H33N5O4S/c1-5-35-23-9-7-6-8-20(23)18(2)12-25(33)30-26-22(14-28-3)21-10-11-32(15-24(21)37-26)27(34)36-16-19-13-29-17-31(19)4/h6-9,13-14,17-18H,5,10-12,15-16H2,1-4H3,(H,30,33). The Morgan fingerprint density at radius 1 is 1.32 bits per heavy atom. The van der Waals surface area contributed by atoms with Gasteiger partial charge >= 0.3 is 6.09 Å². The number of nitrogens with one attached hydrogen (secondary N) is 1. The van der Waals surface area contributed by atoms with Gasteiger partial charge in [-0.2, -0.15) is 0 Å². The number of fused-ring (bicyclic) bond motifs is 1. The van der Waals surface area contributed by atoms with Crippen molar-refractivity contribution < 1.29 is 19.1 Å². The second kappa shape index (κ2) is 12.1. The van der Waals surface area contributed by atoms with Crippen molar-refractivity contribution in [2.24, 2.45) is 12.0 Å². The van der Waals surface area contributed by atoms with Gasteiger partial charge in [0.25, 0.3) is 0 Å². The summed E-state index contributed by atoms with van der Waals surface area (Å²) in [6.07, 6.45) is 5.77. The number of para-hydroxylation sites is 1. The minimum Gasteiger partial charge on any atom is -0.494 e. The number of hydrogen-bond acceptors (Lipinski definition) is 7. The van der Waals surface area contributed by atoms with Crippen LogP contribution in [0.25, 0.3) is 0 Å². The molecule has 0 bridgehead atoms. The van der Waals surface area contributed by atoms with Crippen molar-refractivity contribution in [3.63, 3.8) is 0 Å². The maximum atomic E-state index is 13.1. The number of nitrogens with zero attached hydrogens (tertiary/aromatic N) is 4. The molecule has 4 rings (SSSR count). The van der Waals surface area contributed by atoms with Crippen LogP contribution in [0.4, 0.5) is 9.80 Å². The lowest BCUT2D eigenvalue weighted by Crippen LogP contribution is -2.36. The Labute approximate surface area is 221 Å². The third-order valence-electron chi connectivity index (χ3n) is 6.37. The largest absolute Gasteiger partial charge is 0.494 e. The van der Waals surface area contributed by atoms with Crippen molar-refractivity contribution in [1.29, 1.82) is 0 Å². The van der Waals surface area contributed by atoms with Crippen molar-refractivity contribution in [3.8, 4) is 5.75 Å². The van der Waals surface area contributed by atoms with Gasteiger partial charge in [-0.15, -0.1) is 11.3 Å². The van der Waals surface area contributed by atoms with Crippen molar-refractivity contribution in [2.75, 3.05) is 25.5 Å². The zero-order valence-corrected chi connectivity index (χ0v) is 22.5. The first-order chi connectivity index (χ1) is 17.9. The van der Waals surface area contributed by atoms with E-state index in [1.165, 1.54) is 11.3 Å². The SMILES string of the molecule is CCOc1ccccc1C(C)CC(=O)Nc1sc2c(c1C=NC)CCN(C(=O)OCc1cncn1C)C2. The average Bonchev–Trinajstić information content (AvgIpc) is 3.45. The molecule has 196 valence electrons. The monoisotopic (exact) mass is 523 g/mol. The number of ether oxygens (including phenoxy) is 2. The highest BCUT2D eigenvalue weighted by molar-refractivity contribution is 7.16. The lowest BCUT2D eigenvalue weighted by atomic mass is 9.96. The molecular weight excluding hydrogens is 490 g/mol. The van der Waals surface area contributed by atoms with E-state index >= 15 is 0 Å². The molecule has 0 spiro atoms. The number of aliphatic imine (C=N–C) groups is 1. The minimum atomic E-state index is -0.363. The molecule has 1 atom stereocenters. The predicted molar refractivity (Wildman–Crippen MR) is 145 cm³/mol. The molecule has 1 N–H and O–H groups in total. The van der Waals surface area contributed by atoms with Crippen LogP contribution in [0.1, 0.15) is 53.4 Å².